The molecule has 0 saturated carbocycles. The lowest BCUT2D eigenvalue weighted by molar-refractivity contribution is 0.415. The van der Waals surface area contributed by atoms with E-state index >= 15 is 0 Å². The van der Waals surface area contributed by atoms with Crippen molar-refractivity contribution in [3.8, 4) is 21.9 Å². The van der Waals surface area contributed by atoms with Crippen molar-refractivity contribution in [3.63, 3.8) is 0 Å². The van der Waals surface area contributed by atoms with E-state index in [1.165, 1.54) is 10.4 Å². The summed E-state index contributed by atoms with van der Waals surface area (Å²) in [6, 6.07) is 17.9. The maximum atomic E-state index is 5.19. The van der Waals surface area contributed by atoms with Gasteiger partial charge < -0.3 is 9.47 Å². The molecule has 2 aromatic carbocycles. The van der Waals surface area contributed by atoms with E-state index in [4.69, 9.17) is 9.47 Å². The quantitative estimate of drug-likeness (QED) is 0.648. The molecule has 112 valence electrons. The normalized spacial score (nSPS) is 11.5. The van der Waals surface area contributed by atoms with Gasteiger partial charge in [-0.25, -0.2) is 4.99 Å². The van der Waals surface area contributed by atoms with Crippen LogP contribution in [0.4, 0.5) is 5.69 Å². The molecule has 0 aliphatic carbocycles. The third-order valence-corrected chi connectivity index (χ3v) is 5.45. The fourth-order valence-corrected chi connectivity index (χ4v) is 4.13. The molecule has 3 aromatic rings. The Morgan fingerprint density at radius 2 is 1.36 bits per heavy atom. The first kappa shape index (κ1) is 14.8. The molecule has 22 heavy (non-hydrogen) atoms. The van der Waals surface area contributed by atoms with Gasteiger partial charge in [-0.05, 0) is 60.2 Å². The second kappa shape index (κ2) is 6.77. The molecule has 0 spiro atoms. The van der Waals surface area contributed by atoms with E-state index in [-0.39, 0.29) is 0 Å². The van der Waals surface area contributed by atoms with Crippen LogP contribution in [0.1, 0.15) is 0 Å². The SMILES string of the molecule is COc1ccc(N=c2cc(-c3ccc(OC)cc3)ss2)cc1. The fourth-order valence-electron chi connectivity index (χ4n) is 1.97. The highest BCUT2D eigenvalue weighted by molar-refractivity contribution is 7.69. The summed E-state index contributed by atoms with van der Waals surface area (Å²) < 4.78 is 11.3. The zero-order chi connectivity index (χ0) is 15.4. The van der Waals surface area contributed by atoms with E-state index in [1.54, 1.807) is 34.9 Å². The van der Waals surface area contributed by atoms with Crippen molar-refractivity contribution in [3.05, 3.63) is 59.3 Å². The molecule has 1 heterocycles. The van der Waals surface area contributed by atoms with E-state index in [0.29, 0.717) is 0 Å². The van der Waals surface area contributed by atoms with Gasteiger partial charge in [0.25, 0.3) is 0 Å². The van der Waals surface area contributed by atoms with Crippen molar-refractivity contribution >= 4 is 26.4 Å². The predicted molar refractivity (Wildman–Crippen MR) is 92.4 cm³/mol. The van der Waals surface area contributed by atoms with Crippen LogP contribution in [0.5, 0.6) is 11.5 Å². The van der Waals surface area contributed by atoms with Gasteiger partial charge in [0.2, 0.25) is 0 Å². The molecule has 0 aliphatic rings. The average Bonchev–Trinajstić information content (AvgIpc) is 3.04. The van der Waals surface area contributed by atoms with Gasteiger partial charge in [0.1, 0.15) is 16.2 Å². The van der Waals surface area contributed by atoms with Crippen LogP contribution in [0.25, 0.3) is 10.4 Å². The van der Waals surface area contributed by atoms with Gasteiger partial charge in [-0.2, -0.15) is 0 Å². The maximum absolute atomic E-state index is 5.19. The minimum atomic E-state index is 0.840. The number of nitrogens with zero attached hydrogens (tertiary/aromatic N) is 1. The highest BCUT2D eigenvalue weighted by atomic mass is 32.9. The Balaban J connectivity index is 1.86. The van der Waals surface area contributed by atoms with Gasteiger partial charge in [0.05, 0.1) is 19.9 Å². The Bertz CT molecular complexity index is 802. The number of hydrogen-bond donors (Lipinski definition) is 0. The Morgan fingerprint density at radius 3 is 1.95 bits per heavy atom. The smallest absolute Gasteiger partial charge is 0.128 e. The van der Waals surface area contributed by atoms with E-state index in [0.717, 1.165) is 21.9 Å². The Morgan fingerprint density at radius 1 is 0.773 bits per heavy atom. The van der Waals surface area contributed by atoms with Crippen LogP contribution in [0.3, 0.4) is 0 Å². The first-order valence-corrected chi connectivity index (χ1v) is 8.87. The van der Waals surface area contributed by atoms with Gasteiger partial charge in [0, 0.05) is 4.88 Å². The molecule has 0 unspecified atom stereocenters. The first-order valence-electron chi connectivity index (χ1n) is 6.72. The molecular formula is C17H15NO2S2. The number of ether oxygens (including phenoxy) is 2. The number of methoxy groups -OCH3 is 2. The summed E-state index contributed by atoms with van der Waals surface area (Å²) in [5.41, 5.74) is 2.11. The highest BCUT2D eigenvalue weighted by Crippen LogP contribution is 2.27. The second-order valence-electron chi connectivity index (χ2n) is 4.55. The van der Waals surface area contributed by atoms with Crippen LogP contribution < -0.4 is 14.1 Å². The second-order valence-corrected chi connectivity index (χ2v) is 6.74. The van der Waals surface area contributed by atoms with Crippen LogP contribution in [0.2, 0.25) is 0 Å². The van der Waals surface area contributed by atoms with E-state index in [2.05, 4.69) is 23.2 Å². The minimum Gasteiger partial charge on any atom is -0.497 e. The van der Waals surface area contributed by atoms with Crippen molar-refractivity contribution < 1.29 is 9.47 Å². The Labute approximate surface area is 136 Å². The van der Waals surface area contributed by atoms with Crippen molar-refractivity contribution in [2.75, 3.05) is 14.2 Å². The van der Waals surface area contributed by atoms with Gasteiger partial charge in [0.15, 0.2) is 0 Å². The summed E-state index contributed by atoms with van der Waals surface area (Å²) in [5.74, 6) is 1.71. The molecule has 0 aliphatic heterocycles. The molecule has 5 heteroatoms. The summed E-state index contributed by atoms with van der Waals surface area (Å²) in [4.78, 5) is 5.85. The summed E-state index contributed by atoms with van der Waals surface area (Å²) in [5, 5.41) is 0. The summed E-state index contributed by atoms with van der Waals surface area (Å²) >= 11 is 0. The van der Waals surface area contributed by atoms with Crippen molar-refractivity contribution in [1.82, 2.24) is 0 Å². The standard InChI is InChI=1S/C17H15NO2S2/c1-19-14-7-3-12(4-8-14)16-11-17(22-21-16)18-13-5-9-15(20-2)10-6-13/h3-11H,1-2H3. The summed E-state index contributed by atoms with van der Waals surface area (Å²) in [7, 11) is 6.73. The molecule has 1 aromatic heterocycles. The van der Waals surface area contributed by atoms with Crippen LogP contribution >= 0.6 is 20.7 Å². The molecule has 0 N–H and O–H groups in total. The first-order chi connectivity index (χ1) is 10.8. The predicted octanol–water partition coefficient (Wildman–Crippen LogP) is 4.73. The fraction of sp³-hybridized carbons (Fsp3) is 0.118. The van der Waals surface area contributed by atoms with Crippen LogP contribution in [0.15, 0.2) is 59.6 Å². The lowest BCUT2D eigenvalue weighted by atomic mass is 10.2. The summed E-state index contributed by atoms with van der Waals surface area (Å²) in [6.07, 6.45) is 0. The molecule has 0 fully saturated rings. The number of hydrogen-bond acceptors (Lipinski definition) is 5. The number of benzene rings is 2. The van der Waals surface area contributed by atoms with E-state index in [1.807, 2.05) is 36.4 Å². The van der Waals surface area contributed by atoms with E-state index < -0.39 is 0 Å². The Kier molecular flexibility index (Phi) is 4.56. The lowest BCUT2D eigenvalue weighted by Crippen LogP contribution is -1.89. The number of rotatable bonds is 4. The lowest BCUT2D eigenvalue weighted by Gasteiger charge is -2.00. The van der Waals surface area contributed by atoms with Gasteiger partial charge in [-0.1, -0.05) is 20.7 Å². The molecule has 0 radical (unpaired) electrons. The van der Waals surface area contributed by atoms with Crippen LogP contribution in [0, 0.1) is 0 Å². The largest absolute Gasteiger partial charge is 0.497 e. The van der Waals surface area contributed by atoms with Gasteiger partial charge in [-0.3, -0.25) is 0 Å². The summed E-state index contributed by atoms with van der Waals surface area (Å²) in [6.45, 7) is 0. The minimum absolute atomic E-state index is 0.840. The van der Waals surface area contributed by atoms with Gasteiger partial charge >= 0.3 is 0 Å². The average molecular weight is 329 g/mol. The van der Waals surface area contributed by atoms with Crippen LogP contribution in [-0.4, -0.2) is 14.2 Å². The zero-order valence-corrected chi connectivity index (χ0v) is 13.9. The molecule has 0 bridgehead atoms. The maximum Gasteiger partial charge on any atom is 0.128 e. The van der Waals surface area contributed by atoms with Crippen molar-refractivity contribution in [1.29, 1.82) is 0 Å². The van der Waals surface area contributed by atoms with Crippen molar-refractivity contribution in [2.24, 2.45) is 4.99 Å². The van der Waals surface area contributed by atoms with Crippen molar-refractivity contribution in [2.45, 2.75) is 0 Å². The molecule has 3 nitrogen and oxygen atoms in total. The molecule has 0 saturated heterocycles. The molecule has 0 amide bonds. The van der Waals surface area contributed by atoms with E-state index in [9.17, 15) is 0 Å². The zero-order valence-electron chi connectivity index (χ0n) is 12.3. The topological polar surface area (TPSA) is 30.8 Å². The molecule has 3 rings (SSSR count). The molecule has 0 atom stereocenters. The molecular weight excluding hydrogens is 314 g/mol. The van der Waals surface area contributed by atoms with Gasteiger partial charge in [-0.15, -0.1) is 0 Å². The third-order valence-electron chi connectivity index (χ3n) is 3.16. The monoisotopic (exact) mass is 329 g/mol. The Hall–Kier alpha value is -2.11. The van der Waals surface area contributed by atoms with Crippen LogP contribution in [-0.2, 0) is 0 Å². The highest BCUT2D eigenvalue weighted by Gasteiger charge is 2.02. The third kappa shape index (κ3) is 3.37.